The molecule has 0 saturated carbocycles. The number of hydrogen-bond acceptors (Lipinski definition) is 4. The summed E-state index contributed by atoms with van der Waals surface area (Å²) in [4.78, 5) is 42.1. The van der Waals surface area contributed by atoms with Crippen LogP contribution in [0.3, 0.4) is 0 Å². The van der Waals surface area contributed by atoms with E-state index in [1.807, 2.05) is 30.3 Å². The van der Waals surface area contributed by atoms with Gasteiger partial charge in [0.2, 0.25) is 0 Å². The minimum Gasteiger partial charge on any atom is -0.294 e. The molecule has 0 saturated heterocycles. The van der Waals surface area contributed by atoms with Crippen LogP contribution >= 0.6 is 0 Å². The van der Waals surface area contributed by atoms with E-state index in [0.29, 0.717) is 35.9 Å². The van der Waals surface area contributed by atoms with Crippen molar-refractivity contribution in [1.82, 2.24) is 14.1 Å². The molecule has 0 amide bonds. The number of Topliss-reactive ketones (excluding diaryl/α,β-unsaturated/α-hetero) is 1. The van der Waals surface area contributed by atoms with Crippen molar-refractivity contribution in [3.63, 3.8) is 0 Å². The minimum absolute atomic E-state index is 0.0125. The van der Waals surface area contributed by atoms with Crippen molar-refractivity contribution in [1.29, 1.82) is 0 Å². The van der Waals surface area contributed by atoms with Gasteiger partial charge in [-0.05, 0) is 24.0 Å². The Morgan fingerprint density at radius 2 is 1.84 bits per heavy atom. The van der Waals surface area contributed by atoms with Gasteiger partial charge in [0.15, 0.2) is 5.78 Å². The zero-order valence-electron chi connectivity index (χ0n) is 13.9. The summed E-state index contributed by atoms with van der Waals surface area (Å²) in [6.07, 6.45) is 3.34. The molecule has 2 aromatic heterocycles. The third-order valence-electron chi connectivity index (χ3n) is 4.78. The molecule has 6 nitrogen and oxygen atoms in total. The van der Waals surface area contributed by atoms with Gasteiger partial charge in [0.05, 0.1) is 11.9 Å². The molecule has 1 aliphatic carbocycles. The van der Waals surface area contributed by atoms with Crippen molar-refractivity contribution in [2.75, 3.05) is 0 Å². The highest BCUT2D eigenvalue weighted by molar-refractivity contribution is 6.01. The lowest BCUT2D eigenvalue weighted by Gasteiger charge is -2.18. The van der Waals surface area contributed by atoms with Crippen LogP contribution in [0.15, 0.2) is 46.1 Å². The highest BCUT2D eigenvalue weighted by Gasteiger charge is 2.24. The Labute approximate surface area is 143 Å². The maximum absolute atomic E-state index is 13.1. The van der Waals surface area contributed by atoms with Crippen molar-refractivity contribution < 1.29 is 4.79 Å². The van der Waals surface area contributed by atoms with Gasteiger partial charge in [0.1, 0.15) is 5.65 Å². The first-order chi connectivity index (χ1) is 12.1. The van der Waals surface area contributed by atoms with E-state index < -0.39 is 5.69 Å². The Hall–Kier alpha value is -3.02. The van der Waals surface area contributed by atoms with Crippen LogP contribution in [0.4, 0.5) is 0 Å². The number of nitrogens with zero attached hydrogens (tertiary/aromatic N) is 3. The Kier molecular flexibility index (Phi) is 3.60. The maximum Gasteiger partial charge on any atom is 0.332 e. The van der Waals surface area contributed by atoms with E-state index in [1.165, 1.54) is 15.3 Å². The fourth-order valence-corrected chi connectivity index (χ4v) is 3.48. The third kappa shape index (κ3) is 2.41. The molecule has 3 aromatic rings. The van der Waals surface area contributed by atoms with Gasteiger partial charge in [-0.25, -0.2) is 9.78 Å². The predicted molar refractivity (Wildman–Crippen MR) is 94.1 cm³/mol. The van der Waals surface area contributed by atoms with Crippen LogP contribution in [-0.2, 0) is 20.0 Å². The summed E-state index contributed by atoms with van der Waals surface area (Å²) in [5.41, 5.74) is 1.67. The number of aryl methyl sites for hydroxylation is 2. The number of carbonyl (C=O) groups excluding carboxylic acids is 1. The maximum atomic E-state index is 13.1. The molecule has 0 radical (unpaired) electrons. The first kappa shape index (κ1) is 15.5. The quantitative estimate of drug-likeness (QED) is 0.714. The van der Waals surface area contributed by atoms with E-state index in [0.717, 1.165) is 11.1 Å². The molecule has 0 aliphatic heterocycles. The van der Waals surface area contributed by atoms with Crippen LogP contribution in [0.5, 0.6) is 0 Å². The van der Waals surface area contributed by atoms with Crippen molar-refractivity contribution in [3.05, 3.63) is 74.1 Å². The Balaban J connectivity index is 2.03. The summed E-state index contributed by atoms with van der Waals surface area (Å²) in [6.45, 7) is 0.194. The molecule has 25 heavy (non-hydrogen) atoms. The summed E-state index contributed by atoms with van der Waals surface area (Å²) < 4.78 is 2.61. The molecule has 126 valence electrons. The molecule has 0 fully saturated rings. The number of aromatic nitrogens is 3. The number of carbonyl (C=O) groups is 1. The molecular formula is C19H17N3O3. The van der Waals surface area contributed by atoms with E-state index in [4.69, 9.17) is 0 Å². The lowest BCUT2D eigenvalue weighted by atomic mass is 9.90. The van der Waals surface area contributed by atoms with Gasteiger partial charge in [-0.2, -0.15) is 0 Å². The third-order valence-corrected chi connectivity index (χ3v) is 4.78. The summed E-state index contributed by atoms with van der Waals surface area (Å²) >= 11 is 0. The average Bonchev–Trinajstić information content (AvgIpc) is 2.64. The molecule has 6 heteroatoms. The van der Waals surface area contributed by atoms with E-state index in [-0.39, 0.29) is 17.9 Å². The zero-order chi connectivity index (χ0) is 17.6. The molecule has 1 aromatic carbocycles. The second-order valence-corrected chi connectivity index (χ2v) is 6.34. The molecule has 2 heterocycles. The summed E-state index contributed by atoms with van der Waals surface area (Å²) in [5.74, 6) is 0.0125. The number of pyridine rings is 1. The molecule has 1 aliphatic rings. The van der Waals surface area contributed by atoms with Crippen LogP contribution in [0, 0.1) is 0 Å². The SMILES string of the molecule is Cn1c(=O)n(Cc2ccccc2)c(=O)c2c3c(cnc21)C(=O)CCC3. The standard InChI is InChI=1S/C19H17N3O3/c1-21-17-16(13-8-5-9-15(23)14(13)10-20-17)18(24)22(19(21)25)11-12-6-3-2-4-7-12/h2-4,6-7,10H,5,8-9,11H2,1H3. The second kappa shape index (κ2) is 5.81. The summed E-state index contributed by atoms with van der Waals surface area (Å²) in [7, 11) is 1.61. The normalized spacial score (nSPS) is 13.9. The fourth-order valence-electron chi connectivity index (χ4n) is 3.48. The highest BCUT2D eigenvalue weighted by atomic mass is 16.2. The van der Waals surface area contributed by atoms with Crippen LogP contribution in [0.25, 0.3) is 11.0 Å². The van der Waals surface area contributed by atoms with Gasteiger partial charge in [-0.3, -0.25) is 18.7 Å². The number of benzene rings is 1. The van der Waals surface area contributed by atoms with Gasteiger partial charge in [-0.1, -0.05) is 30.3 Å². The highest BCUT2D eigenvalue weighted by Crippen LogP contribution is 2.25. The molecule has 0 atom stereocenters. The lowest BCUT2D eigenvalue weighted by molar-refractivity contribution is 0.0972. The predicted octanol–water partition coefficient (Wildman–Crippen LogP) is 1.66. The Bertz CT molecular complexity index is 1110. The topological polar surface area (TPSA) is 74.0 Å². The number of hydrogen-bond donors (Lipinski definition) is 0. The molecule has 0 N–H and O–H groups in total. The number of ketones is 1. The number of rotatable bonds is 2. The van der Waals surface area contributed by atoms with E-state index in [1.54, 1.807) is 7.05 Å². The van der Waals surface area contributed by atoms with Gasteiger partial charge in [-0.15, -0.1) is 0 Å². The van der Waals surface area contributed by atoms with Crippen LogP contribution in [0.1, 0.15) is 34.3 Å². The van der Waals surface area contributed by atoms with Gasteiger partial charge in [0.25, 0.3) is 5.56 Å². The minimum atomic E-state index is -0.407. The fraction of sp³-hybridized carbons (Fsp3) is 0.263. The van der Waals surface area contributed by atoms with E-state index in [2.05, 4.69) is 4.98 Å². The molecule has 0 spiro atoms. The second-order valence-electron chi connectivity index (χ2n) is 6.34. The molecule has 4 rings (SSSR count). The van der Waals surface area contributed by atoms with Crippen LogP contribution in [-0.4, -0.2) is 19.9 Å². The van der Waals surface area contributed by atoms with Gasteiger partial charge >= 0.3 is 5.69 Å². The van der Waals surface area contributed by atoms with Crippen molar-refractivity contribution in [2.24, 2.45) is 7.05 Å². The van der Waals surface area contributed by atoms with Crippen molar-refractivity contribution in [2.45, 2.75) is 25.8 Å². The lowest BCUT2D eigenvalue weighted by Crippen LogP contribution is -2.40. The summed E-state index contributed by atoms with van der Waals surface area (Å²) in [6, 6.07) is 9.37. The number of fused-ring (bicyclic) bond motifs is 3. The largest absolute Gasteiger partial charge is 0.332 e. The Morgan fingerprint density at radius 1 is 1.08 bits per heavy atom. The van der Waals surface area contributed by atoms with Crippen molar-refractivity contribution >= 4 is 16.8 Å². The van der Waals surface area contributed by atoms with Gasteiger partial charge in [0, 0.05) is 25.2 Å². The zero-order valence-corrected chi connectivity index (χ0v) is 13.9. The van der Waals surface area contributed by atoms with Crippen LogP contribution in [0.2, 0.25) is 0 Å². The van der Waals surface area contributed by atoms with E-state index in [9.17, 15) is 14.4 Å². The molecule has 0 bridgehead atoms. The van der Waals surface area contributed by atoms with Gasteiger partial charge < -0.3 is 0 Å². The molecule has 0 unspecified atom stereocenters. The molecular weight excluding hydrogens is 318 g/mol. The smallest absolute Gasteiger partial charge is 0.294 e. The monoisotopic (exact) mass is 335 g/mol. The average molecular weight is 335 g/mol. The summed E-state index contributed by atoms with van der Waals surface area (Å²) in [5, 5.41) is 0.392. The van der Waals surface area contributed by atoms with Crippen LogP contribution < -0.4 is 11.2 Å². The van der Waals surface area contributed by atoms with E-state index >= 15 is 0 Å². The Morgan fingerprint density at radius 3 is 2.60 bits per heavy atom. The first-order valence-electron chi connectivity index (χ1n) is 8.26. The van der Waals surface area contributed by atoms with Crippen molar-refractivity contribution in [3.8, 4) is 0 Å². The first-order valence-corrected chi connectivity index (χ1v) is 8.26.